The van der Waals surface area contributed by atoms with Gasteiger partial charge in [0.1, 0.15) is 11.4 Å². The lowest BCUT2D eigenvalue weighted by atomic mass is 9.79. The molecule has 280 valence electrons. The van der Waals surface area contributed by atoms with Gasteiger partial charge in [0.25, 0.3) is 11.4 Å². The first-order chi connectivity index (χ1) is 26.0. The Bertz CT molecular complexity index is 1960. The molecule has 0 saturated heterocycles. The number of nitrogens with one attached hydrogen (secondary N) is 2. The minimum absolute atomic E-state index is 0.0986. The van der Waals surface area contributed by atoms with E-state index in [2.05, 4.69) is 21.1 Å². The van der Waals surface area contributed by atoms with E-state index in [-0.39, 0.29) is 22.7 Å². The zero-order valence-electron chi connectivity index (χ0n) is 28.6. The molecule has 0 spiro atoms. The molecule has 16 nitrogen and oxygen atoms in total. The van der Waals surface area contributed by atoms with Crippen molar-refractivity contribution in [3.63, 3.8) is 0 Å². The van der Waals surface area contributed by atoms with E-state index in [9.17, 15) is 40.5 Å². The molecule has 0 bridgehead atoms. The third kappa shape index (κ3) is 8.29. The van der Waals surface area contributed by atoms with Crippen LogP contribution in [-0.4, -0.2) is 42.9 Å². The van der Waals surface area contributed by atoms with Crippen LogP contribution < -0.4 is 10.9 Å². The van der Waals surface area contributed by atoms with Crippen molar-refractivity contribution in [2.45, 2.75) is 49.4 Å². The van der Waals surface area contributed by atoms with Crippen LogP contribution in [0.25, 0.3) is 0 Å². The van der Waals surface area contributed by atoms with E-state index in [0.29, 0.717) is 11.8 Å². The highest BCUT2D eigenvalue weighted by Crippen LogP contribution is 2.42. The van der Waals surface area contributed by atoms with Crippen molar-refractivity contribution in [3.8, 4) is 0 Å². The van der Waals surface area contributed by atoms with Gasteiger partial charge in [-0.15, -0.1) is 23.2 Å². The van der Waals surface area contributed by atoms with E-state index >= 15 is 0 Å². The van der Waals surface area contributed by atoms with Crippen molar-refractivity contribution in [2.24, 2.45) is 10.2 Å². The molecule has 2 saturated carbocycles. The Morgan fingerprint density at radius 2 is 0.926 bits per heavy atom. The van der Waals surface area contributed by atoms with Gasteiger partial charge in [0.05, 0.1) is 31.8 Å². The molecule has 0 amide bonds. The van der Waals surface area contributed by atoms with E-state index in [0.717, 1.165) is 73.2 Å². The fraction of sp³-hybridized carbons (Fsp3) is 0.278. The molecule has 4 aromatic carbocycles. The van der Waals surface area contributed by atoms with Gasteiger partial charge in [-0.3, -0.25) is 51.3 Å². The summed E-state index contributed by atoms with van der Waals surface area (Å²) in [6, 6.07) is 26.4. The molecule has 0 aliphatic heterocycles. The van der Waals surface area contributed by atoms with Crippen molar-refractivity contribution in [2.75, 3.05) is 22.6 Å². The quantitative estimate of drug-likeness (QED) is 0.0788. The van der Waals surface area contributed by atoms with E-state index in [1.807, 2.05) is 60.7 Å². The molecule has 2 fully saturated rings. The molecule has 2 atom stereocenters. The highest BCUT2D eigenvalue weighted by Gasteiger charge is 2.42. The van der Waals surface area contributed by atoms with Crippen LogP contribution in [0, 0.1) is 40.5 Å². The third-order valence-corrected chi connectivity index (χ3v) is 10.6. The molecule has 54 heavy (non-hydrogen) atoms. The van der Waals surface area contributed by atoms with Gasteiger partial charge in [0.2, 0.25) is 0 Å². The number of nitrogens with zero attached hydrogens (tertiary/aromatic N) is 6. The Morgan fingerprint density at radius 3 is 1.24 bits per heavy atom. The average molecular weight is 778 g/mol. The Morgan fingerprint density at radius 1 is 0.556 bits per heavy atom. The van der Waals surface area contributed by atoms with Crippen molar-refractivity contribution >= 4 is 68.7 Å². The van der Waals surface area contributed by atoms with E-state index in [4.69, 9.17) is 23.2 Å². The highest BCUT2D eigenvalue weighted by atomic mass is 35.5. The maximum atomic E-state index is 11.3. The summed E-state index contributed by atoms with van der Waals surface area (Å²) in [5.41, 5.74) is 7.04. The third-order valence-electron chi connectivity index (χ3n) is 9.65. The SMILES string of the molecule is O=[N+]([O-])c1ccc(N/N=C2\CCC[C@]2(CCl)c2ccccc2)c([N+](=O)[O-])c1.O=[N+]([O-])c1ccc(N/N=C2\CCC[C@]2(CCl)c2ccccc2)c([N+](=O)[O-])c1. The fourth-order valence-corrected chi connectivity index (χ4v) is 7.68. The molecule has 4 aromatic rings. The van der Waals surface area contributed by atoms with Crippen LogP contribution in [-0.2, 0) is 10.8 Å². The summed E-state index contributed by atoms with van der Waals surface area (Å²) < 4.78 is 0. The molecular weight excluding hydrogens is 743 g/mol. The van der Waals surface area contributed by atoms with Crippen molar-refractivity contribution < 1.29 is 19.7 Å². The summed E-state index contributed by atoms with van der Waals surface area (Å²) in [5.74, 6) is 0.694. The van der Waals surface area contributed by atoms with Gasteiger partial charge in [0.15, 0.2) is 0 Å². The fourth-order valence-electron chi connectivity index (χ4n) is 6.80. The van der Waals surface area contributed by atoms with Crippen LogP contribution in [0.15, 0.2) is 107 Å². The standard InChI is InChI=1S/2C18H17ClN4O4/c2*19-12-18(13-5-2-1-3-6-13)10-4-7-17(18)21-20-15-9-8-14(22(24)25)11-16(15)23(26)27/h2*1-3,5-6,8-9,11,20H,4,7,10,12H2/b2*21-17+/t2*18-/m00/s1. The smallest absolute Gasteiger partial charge is 0.272 e. The zero-order valence-corrected chi connectivity index (χ0v) is 30.1. The van der Waals surface area contributed by atoms with E-state index in [1.54, 1.807) is 0 Å². The average Bonchev–Trinajstić information content (AvgIpc) is 3.82. The molecule has 18 heteroatoms. The second-order valence-electron chi connectivity index (χ2n) is 12.6. The number of nitro benzene ring substituents is 4. The summed E-state index contributed by atoms with van der Waals surface area (Å²) in [6.45, 7) is 0. The summed E-state index contributed by atoms with van der Waals surface area (Å²) in [4.78, 5) is 41.6. The van der Waals surface area contributed by atoms with Crippen LogP contribution >= 0.6 is 23.2 Å². The van der Waals surface area contributed by atoms with E-state index < -0.39 is 41.9 Å². The summed E-state index contributed by atoms with van der Waals surface area (Å²) in [6.07, 6.45) is 4.92. The lowest BCUT2D eigenvalue weighted by Crippen LogP contribution is -2.33. The Balaban J connectivity index is 0.000000208. The normalized spacial score (nSPS) is 20.6. The summed E-state index contributed by atoms with van der Waals surface area (Å²) in [5, 5.41) is 53.1. The first-order valence-corrected chi connectivity index (χ1v) is 17.8. The number of halogens is 2. The number of benzene rings is 4. The first kappa shape index (κ1) is 39.2. The Hall–Kier alpha value is -6.00. The summed E-state index contributed by atoms with van der Waals surface area (Å²) in [7, 11) is 0. The van der Waals surface area contributed by atoms with Gasteiger partial charge in [-0.25, -0.2) is 0 Å². The van der Waals surface area contributed by atoms with Gasteiger partial charge in [0, 0.05) is 46.1 Å². The molecule has 0 radical (unpaired) electrons. The number of nitro groups is 4. The lowest BCUT2D eigenvalue weighted by molar-refractivity contribution is -0.393. The van der Waals surface area contributed by atoms with Gasteiger partial charge >= 0.3 is 11.4 Å². The second-order valence-corrected chi connectivity index (χ2v) is 13.2. The van der Waals surface area contributed by atoms with Crippen LogP contribution in [0.4, 0.5) is 34.1 Å². The molecule has 2 N–H and O–H groups in total. The predicted molar refractivity (Wildman–Crippen MR) is 207 cm³/mol. The maximum Gasteiger partial charge on any atom is 0.301 e. The topological polar surface area (TPSA) is 221 Å². The summed E-state index contributed by atoms with van der Waals surface area (Å²) >= 11 is 12.6. The largest absolute Gasteiger partial charge is 0.301 e. The zero-order chi connectivity index (χ0) is 38.9. The molecule has 0 unspecified atom stereocenters. The number of non-ortho nitro benzene ring substituents is 2. The van der Waals surface area contributed by atoms with Crippen LogP contribution in [0.2, 0.25) is 0 Å². The first-order valence-electron chi connectivity index (χ1n) is 16.7. The predicted octanol–water partition coefficient (Wildman–Crippen LogP) is 9.26. The molecule has 2 aliphatic carbocycles. The Labute approximate surface area is 318 Å². The molecular formula is C36H34Cl2N8O8. The molecule has 0 heterocycles. The number of alkyl halides is 2. The van der Waals surface area contributed by atoms with Crippen molar-refractivity contribution in [3.05, 3.63) is 149 Å². The van der Waals surface area contributed by atoms with Crippen LogP contribution in [0.1, 0.15) is 49.7 Å². The highest BCUT2D eigenvalue weighted by molar-refractivity contribution is 6.22. The van der Waals surface area contributed by atoms with Crippen molar-refractivity contribution in [1.29, 1.82) is 0 Å². The Kier molecular flexibility index (Phi) is 12.5. The number of hydrogen-bond donors (Lipinski definition) is 2. The van der Waals surface area contributed by atoms with Crippen molar-refractivity contribution in [1.82, 2.24) is 0 Å². The molecule has 0 aromatic heterocycles. The minimum atomic E-state index is -0.673. The van der Waals surface area contributed by atoms with Gasteiger partial charge in [-0.1, -0.05) is 60.7 Å². The number of anilines is 2. The number of rotatable bonds is 12. The van der Waals surface area contributed by atoms with Gasteiger partial charge in [-0.2, -0.15) is 10.2 Å². The monoisotopic (exact) mass is 776 g/mol. The van der Waals surface area contributed by atoms with Gasteiger partial charge < -0.3 is 0 Å². The van der Waals surface area contributed by atoms with E-state index in [1.165, 1.54) is 24.3 Å². The minimum Gasteiger partial charge on any atom is -0.272 e. The number of hydrazone groups is 2. The maximum absolute atomic E-state index is 11.3. The second kappa shape index (κ2) is 17.2. The lowest BCUT2D eigenvalue weighted by Gasteiger charge is -2.28. The molecule has 2 aliphatic rings. The van der Waals surface area contributed by atoms with Gasteiger partial charge in [-0.05, 0) is 61.8 Å². The molecule has 6 rings (SSSR count). The van der Waals surface area contributed by atoms with Crippen LogP contribution in [0.3, 0.4) is 0 Å². The van der Waals surface area contributed by atoms with Crippen LogP contribution in [0.5, 0.6) is 0 Å². The number of hydrogen-bond acceptors (Lipinski definition) is 12.